The van der Waals surface area contributed by atoms with Crippen molar-refractivity contribution in [2.24, 2.45) is 11.3 Å². The summed E-state index contributed by atoms with van der Waals surface area (Å²) in [6, 6.07) is 6.00. The summed E-state index contributed by atoms with van der Waals surface area (Å²) in [4.78, 5) is 21.6. The Hall–Kier alpha value is -3.13. The normalized spacial score (nSPS) is 17.9. The number of hydrogen-bond acceptors (Lipinski definition) is 5. The van der Waals surface area contributed by atoms with E-state index in [0.717, 1.165) is 56.1 Å². The minimum Gasteiger partial charge on any atom is -0.370 e. The third-order valence-corrected chi connectivity index (χ3v) is 7.33. The summed E-state index contributed by atoms with van der Waals surface area (Å²) in [6.07, 6.45) is 9.60. The number of carbonyl (C=O) groups is 1. The molecule has 2 aliphatic heterocycles. The third-order valence-electron chi connectivity index (χ3n) is 7.33. The molecule has 36 heavy (non-hydrogen) atoms. The minimum atomic E-state index is -0.502. The van der Waals surface area contributed by atoms with Crippen molar-refractivity contribution in [3.8, 4) is 6.07 Å². The van der Waals surface area contributed by atoms with Crippen molar-refractivity contribution in [2.45, 2.75) is 66.7 Å². The zero-order valence-corrected chi connectivity index (χ0v) is 23.2. The van der Waals surface area contributed by atoms with Crippen molar-refractivity contribution in [1.29, 1.82) is 5.26 Å². The molecule has 0 bridgehead atoms. The minimum absolute atomic E-state index is 0.0272. The lowest BCUT2D eigenvalue weighted by atomic mass is 9.72. The molecule has 1 spiro atoms. The van der Waals surface area contributed by atoms with Crippen molar-refractivity contribution < 1.29 is 4.79 Å². The number of pyridine rings is 1. The summed E-state index contributed by atoms with van der Waals surface area (Å²) in [5.74, 6) is 0.112. The summed E-state index contributed by atoms with van der Waals surface area (Å²) >= 11 is 0. The number of Topliss-reactive ketones (excluding diaryl/α,β-unsaturated/α-hetero) is 1. The highest BCUT2D eigenvalue weighted by Crippen LogP contribution is 2.44. The second-order valence-corrected chi connectivity index (χ2v) is 11.6. The van der Waals surface area contributed by atoms with Crippen LogP contribution >= 0.6 is 0 Å². The molecule has 2 fully saturated rings. The van der Waals surface area contributed by atoms with E-state index in [1.807, 2.05) is 6.08 Å². The van der Waals surface area contributed by atoms with E-state index in [0.29, 0.717) is 11.5 Å². The van der Waals surface area contributed by atoms with Crippen LogP contribution in [0.4, 0.5) is 0 Å². The molecule has 2 saturated heterocycles. The lowest BCUT2D eigenvalue weighted by Gasteiger charge is -2.62. The number of rotatable bonds is 10. The standard InChI is InChI=1S/C31H42N4O/c1-9-11-26(14-13-25(10-2)28(36)17-32)35-20-31(21-35)18-34(19-31)24(6)27-15-12-23(5)29(33-27)30(7,8)16-22(3)4/h10-15,22H,6,9,16,18-21H2,1-5,7-8H3/b14-13-,25-10+,26-11-. The van der Waals surface area contributed by atoms with Crippen molar-refractivity contribution in [2.75, 3.05) is 26.2 Å². The van der Waals surface area contributed by atoms with E-state index >= 15 is 0 Å². The Labute approximate surface area is 217 Å². The first-order valence-corrected chi connectivity index (χ1v) is 13.1. The molecular formula is C31H42N4O. The van der Waals surface area contributed by atoms with Crippen molar-refractivity contribution in [1.82, 2.24) is 14.8 Å². The average Bonchev–Trinajstić information content (AvgIpc) is 2.76. The van der Waals surface area contributed by atoms with E-state index in [4.69, 9.17) is 10.2 Å². The number of aryl methyl sites for hydroxylation is 1. The number of carbonyl (C=O) groups excluding carboxylic acids is 1. The quantitative estimate of drug-likeness (QED) is 0.224. The second-order valence-electron chi connectivity index (χ2n) is 11.6. The van der Waals surface area contributed by atoms with Gasteiger partial charge in [-0.15, -0.1) is 0 Å². The summed E-state index contributed by atoms with van der Waals surface area (Å²) in [6.45, 7) is 23.5. The fourth-order valence-corrected chi connectivity index (χ4v) is 5.81. The lowest BCUT2D eigenvalue weighted by Crippen LogP contribution is -2.70. The van der Waals surface area contributed by atoms with Gasteiger partial charge in [-0.2, -0.15) is 5.26 Å². The Kier molecular flexibility index (Phi) is 8.29. The van der Waals surface area contributed by atoms with E-state index < -0.39 is 5.78 Å². The van der Waals surface area contributed by atoms with E-state index in [-0.39, 0.29) is 10.8 Å². The Bertz CT molecular complexity index is 1130. The number of ketones is 1. The highest BCUT2D eigenvalue weighted by molar-refractivity contribution is 6.08. The molecule has 3 rings (SSSR count). The Morgan fingerprint density at radius 1 is 1.22 bits per heavy atom. The van der Waals surface area contributed by atoms with Gasteiger partial charge in [0.25, 0.3) is 5.78 Å². The molecule has 0 amide bonds. The largest absolute Gasteiger partial charge is 0.370 e. The summed E-state index contributed by atoms with van der Waals surface area (Å²) in [5.41, 5.74) is 6.26. The topological polar surface area (TPSA) is 60.2 Å². The van der Waals surface area contributed by atoms with Crippen molar-refractivity contribution in [3.63, 3.8) is 0 Å². The molecule has 0 unspecified atom stereocenters. The molecule has 0 saturated carbocycles. The van der Waals surface area contributed by atoms with E-state index in [9.17, 15) is 4.79 Å². The van der Waals surface area contributed by atoms with E-state index in [1.54, 1.807) is 25.1 Å². The molecule has 1 aromatic heterocycles. The molecule has 192 valence electrons. The predicted octanol–water partition coefficient (Wildman–Crippen LogP) is 6.19. The molecule has 2 aliphatic rings. The molecule has 5 nitrogen and oxygen atoms in total. The SMILES string of the molecule is C=C(c1ccc(C)c(C(C)(C)CC(C)C)n1)N1CC2(C1)CN(C(/C=C\C(=C/C)C(=O)C#N)=C\CC)C2. The van der Waals surface area contributed by atoms with Crippen LogP contribution in [0.25, 0.3) is 5.70 Å². The first-order chi connectivity index (χ1) is 16.9. The maximum atomic E-state index is 11.8. The Balaban J connectivity index is 1.64. The van der Waals surface area contributed by atoms with Gasteiger partial charge in [-0.25, -0.2) is 0 Å². The molecule has 1 aromatic rings. The van der Waals surface area contributed by atoms with Crippen LogP contribution in [0.15, 0.2) is 54.3 Å². The number of hydrogen-bond donors (Lipinski definition) is 0. The first kappa shape index (κ1) is 27.5. The molecule has 0 aliphatic carbocycles. The first-order valence-electron chi connectivity index (χ1n) is 13.1. The van der Waals surface area contributed by atoms with Gasteiger partial charge in [0.05, 0.1) is 11.4 Å². The average molecular weight is 487 g/mol. The number of nitriles is 1. The second kappa shape index (κ2) is 10.9. The van der Waals surface area contributed by atoms with Gasteiger partial charge in [-0.3, -0.25) is 9.78 Å². The van der Waals surface area contributed by atoms with Gasteiger partial charge in [-0.05, 0) is 56.4 Å². The van der Waals surface area contributed by atoms with Gasteiger partial charge in [0.2, 0.25) is 0 Å². The van der Waals surface area contributed by atoms with Crippen LogP contribution in [-0.2, 0) is 10.2 Å². The molecule has 0 atom stereocenters. The van der Waals surface area contributed by atoms with Crippen LogP contribution < -0.4 is 0 Å². The molecule has 0 N–H and O–H groups in total. The third kappa shape index (κ3) is 5.81. The van der Waals surface area contributed by atoms with Crippen LogP contribution in [0.1, 0.15) is 71.3 Å². The maximum Gasteiger partial charge on any atom is 0.261 e. The summed E-state index contributed by atoms with van der Waals surface area (Å²) < 4.78 is 0. The number of aromatic nitrogens is 1. The zero-order chi connectivity index (χ0) is 26.7. The summed E-state index contributed by atoms with van der Waals surface area (Å²) in [7, 11) is 0. The Morgan fingerprint density at radius 3 is 2.42 bits per heavy atom. The highest BCUT2D eigenvalue weighted by Gasteiger charge is 2.52. The molecular weight excluding hydrogens is 444 g/mol. The van der Waals surface area contributed by atoms with E-state index in [1.165, 1.54) is 11.3 Å². The molecule has 0 aromatic carbocycles. The predicted molar refractivity (Wildman–Crippen MR) is 148 cm³/mol. The zero-order valence-electron chi connectivity index (χ0n) is 23.2. The van der Waals surface area contributed by atoms with Gasteiger partial charge >= 0.3 is 0 Å². The van der Waals surface area contributed by atoms with Gasteiger partial charge in [0.1, 0.15) is 6.07 Å². The fraction of sp³-hybridized carbons (Fsp3) is 0.516. The van der Waals surface area contributed by atoms with Crippen molar-refractivity contribution in [3.05, 3.63) is 71.2 Å². The van der Waals surface area contributed by atoms with Crippen LogP contribution in [0.3, 0.4) is 0 Å². The highest BCUT2D eigenvalue weighted by atomic mass is 16.1. The van der Waals surface area contributed by atoms with Gasteiger partial charge in [0, 0.05) is 54.0 Å². The number of nitrogens with zero attached hydrogens (tertiary/aromatic N) is 4. The van der Waals surface area contributed by atoms with Crippen LogP contribution in [-0.4, -0.2) is 46.7 Å². The molecule has 3 heterocycles. The van der Waals surface area contributed by atoms with Crippen LogP contribution in [0, 0.1) is 29.6 Å². The van der Waals surface area contributed by atoms with Gasteiger partial charge in [0.15, 0.2) is 0 Å². The Morgan fingerprint density at radius 2 is 1.86 bits per heavy atom. The smallest absolute Gasteiger partial charge is 0.261 e. The maximum absolute atomic E-state index is 11.8. The summed E-state index contributed by atoms with van der Waals surface area (Å²) in [5, 5.41) is 8.92. The number of likely N-dealkylation sites (tertiary alicyclic amines) is 2. The van der Waals surface area contributed by atoms with Crippen molar-refractivity contribution >= 4 is 11.5 Å². The molecule has 0 radical (unpaired) electrons. The number of allylic oxidation sites excluding steroid dienone is 5. The monoisotopic (exact) mass is 486 g/mol. The van der Waals surface area contributed by atoms with Gasteiger partial charge < -0.3 is 9.80 Å². The lowest BCUT2D eigenvalue weighted by molar-refractivity contribution is -0.110. The molecule has 5 heteroatoms. The van der Waals surface area contributed by atoms with Crippen LogP contribution in [0.5, 0.6) is 0 Å². The van der Waals surface area contributed by atoms with E-state index in [2.05, 4.69) is 76.1 Å². The van der Waals surface area contributed by atoms with Gasteiger partial charge in [-0.1, -0.05) is 59.4 Å². The van der Waals surface area contributed by atoms with Crippen LogP contribution in [0.2, 0.25) is 0 Å². The fourth-order valence-electron chi connectivity index (χ4n) is 5.81.